The number of hydrogen-bond acceptors (Lipinski definition) is 12. The maximum atomic E-state index is 5.57. The van der Waals surface area contributed by atoms with Crippen LogP contribution < -0.4 is 21.3 Å². The van der Waals surface area contributed by atoms with Gasteiger partial charge in [0.1, 0.15) is 0 Å². The Bertz CT molecular complexity index is 3290. The molecule has 504 valence electrons. The van der Waals surface area contributed by atoms with Crippen molar-refractivity contribution in [3.63, 3.8) is 0 Å². The number of benzene rings is 4. The van der Waals surface area contributed by atoms with Crippen LogP contribution in [0.3, 0.4) is 0 Å². The van der Waals surface area contributed by atoms with Crippen LogP contribution in [0.4, 0.5) is 0 Å². The molecule has 16 fully saturated rings. The summed E-state index contributed by atoms with van der Waals surface area (Å²) in [5.41, 5.74) is 15.1. The number of aryl methyl sites for hydroxylation is 4. The number of nitrogens with zero attached hydrogens (tertiary/aromatic N) is 4. The van der Waals surface area contributed by atoms with Crippen LogP contribution >= 0.6 is 0 Å². The van der Waals surface area contributed by atoms with Gasteiger partial charge in [-0.15, -0.1) is 0 Å². The number of hydrogen-bond donors (Lipinski definition) is 4. The molecule has 0 saturated heterocycles. The molecule has 0 amide bonds. The number of aromatic nitrogens is 4. The van der Waals surface area contributed by atoms with E-state index >= 15 is 0 Å². The highest BCUT2D eigenvalue weighted by Crippen LogP contribution is 2.59. The normalized spacial score (nSPS) is 34.0. The maximum absolute atomic E-state index is 5.57. The fourth-order valence-corrected chi connectivity index (χ4v) is 23.4. The molecule has 4 aromatic heterocycles. The Balaban J connectivity index is 0.0000000968. The van der Waals surface area contributed by atoms with Crippen molar-refractivity contribution in [2.45, 2.75) is 230 Å². The lowest BCUT2D eigenvalue weighted by Crippen LogP contribution is -2.58. The second-order valence-electron chi connectivity index (χ2n) is 34.4. The first-order chi connectivity index (χ1) is 46.7. The third kappa shape index (κ3) is 13.9. The fraction of sp³-hybridized carbons (Fsp3) is 0.571. The predicted octanol–water partition coefficient (Wildman–Crippen LogP) is 18.8. The molecule has 0 atom stereocenters. The van der Waals surface area contributed by atoms with Crippen LogP contribution in [0.15, 0.2) is 139 Å². The van der Waals surface area contributed by atoms with Gasteiger partial charge < -0.3 is 39.4 Å². The molecule has 0 spiro atoms. The van der Waals surface area contributed by atoms with Crippen LogP contribution in [-0.2, 0) is 26.2 Å². The largest absolute Gasteiger partial charge is 0.356 e. The average Bonchev–Trinajstić information content (AvgIpc) is 0.898. The molecule has 96 heavy (non-hydrogen) atoms. The molecule has 8 aromatic rings. The standard InChI is InChI=1S/4C21H26N2O/c4*1-14-2-4-18(5-3-14)20-9-19(23-24-20)13-22-21-10-15-6-16(11-21)8-17(7-15)12-21/h4*2-5,9,15-17,22H,6-8,10-13H2,1H3. The monoisotopic (exact) mass is 1290 g/mol. The van der Waals surface area contributed by atoms with Crippen LogP contribution in [0.25, 0.3) is 45.3 Å². The second-order valence-corrected chi connectivity index (χ2v) is 34.4. The molecule has 16 aliphatic carbocycles. The zero-order chi connectivity index (χ0) is 64.6. The molecule has 0 radical (unpaired) electrons. The van der Waals surface area contributed by atoms with Gasteiger partial charge in [0.15, 0.2) is 23.0 Å². The van der Waals surface area contributed by atoms with Crippen molar-refractivity contribution in [2.75, 3.05) is 0 Å². The Morgan fingerprint density at radius 2 is 0.417 bits per heavy atom. The highest BCUT2D eigenvalue weighted by Gasteiger charge is 2.54. The van der Waals surface area contributed by atoms with Crippen LogP contribution in [-0.4, -0.2) is 42.8 Å². The highest BCUT2D eigenvalue weighted by molar-refractivity contribution is 5.60. The summed E-state index contributed by atoms with van der Waals surface area (Å²) >= 11 is 0. The Morgan fingerprint density at radius 1 is 0.260 bits per heavy atom. The van der Waals surface area contributed by atoms with E-state index in [2.05, 4.69) is 191 Å². The van der Waals surface area contributed by atoms with Crippen LogP contribution in [0.2, 0.25) is 0 Å². The molecule has 12 nitrogen and oxygen atoms in total. The van der Waals surface area contributed by atoms with E-state index < -0.39 is 0 Å². The minimum atomic E-state index is 0.387. The Kier molecular flexibility index (Phi) is 17.1. The van der Waals surface area contributed by atoms with E-state index in [4.69, 9.17) is 18.1 Å². The van der Waals surface area contributed by atoms with Gasteiger partial charge in [-0.05, 0) is 253 Å². The minimum absolute atomic E-state index is 0.387. The third-order valence-electron chi connectivity index (χ3n) is 26.3. The lowest BCUT2D eigenvalue weighted by molar-refractivity contribution is -0.0209. The first-order valence-corrected chi connectivity index (χ1v) is 37.8. The first-order valence-electron chi connectivity index (χ1n) is 37.8. The van der Waals surface area contributed by atoms with Gasteiger partial charge in [0, 0.05) is 94.9 Å². The van der Waals surface area contributed by atoms with Crippen molar-refractivity contribution in [3.05, 3.63) is 166 Å². The Morgan fingerprint density at radius 3 is 0.573 bits per heavy atom. The molecule has 16 aliphatic rings. The van der Waals surface area contributed by atoms with Crippen molar-refractivity contribution in [1.29, 1.82) is 0 Å². The van der Waals surface area contributed by atoms with Gasteiger partial charge in [-0.25, -0.2) is 0 Å². The van der Waals surface area contributed by atoms with E-state index in [0.717, 1.165) is 165 Å². The molecule has 16 saturated carbocycles. The molecule has 4 aromatic carbocycles. The van der Waals surface area contributed by atoms with Crippen molar-refractivity contribution in [1.82, 2.24) is 41.9 Å². The van der Waals surface area contributed by atoms with E-state index in [1.807, 2.05) is 0 Å². The predicted molar refractivity (Wildman–Crippen MR) is 378 cm³/mol. The smallest absolute Gasteiger partial charge is 0.167 e. The van der Waals surface area contributed by atoms with E-state index in [1.54, 1.807) is 0 Å². The number of nitrogens with one attached hydrogen (secondary N) is 4. The van der Waals surface area contributed by atoms with Gasteiger partial charge in [-0.1, -0.05) is 140 Å². The molecule has 4 N–H and O–H groups in total. The van der Waals surface area contributed by atoms with Crippen molar-refractivity contribution in [3.8, 4) is 45.3 Å². The molecule has 16 bridgehead atoms. The summed E-state index contributed by atoms with van der Waals surface area (Å²) in [4.78, 5) is 0. The van der Waals surface area contributed by atoms with E-state index in [9.17, 15) is 0 Å². The summed E-state index contributed by atoms with van der Waals surface area (Å²) in [5, 5.41) is 32.8. The lowest BCUT2D eigenvalue weighted by atomic mass is 9.53. The van der Waals surface area contributed by atoms with Crippen molar-refractivity contribution >= 4 is 0 Å². The van der Waals surface area contributed by atoms with Gasteiger partial charge in [0.2, 0.25) is 0 Å². The van der Waals surface area contributed by atoms with Crippen molar-refractivity contribution < 1.29 is 18.1 Å². The molecule has 0 unspecified atom stereocenters. The SMILES string of the molecule is Cc1ccc(-c2cc(CNC34CC5CC(CC(C5)C3)C4)no2)cc1.Cc1ccc(-c2cc(CNC34CC5CC(CC(C5)C3)C4)no2)cc1.Cc1ccc(-c2cc(CNC34CC5CC(CC(C5)C3)C4)no2)cc1.Cc1ccc(-c2cc(CNC34CC5CC(CC(C5)C3)C4)no2)cc1. The van der Waals surface area contributed by atoms with Crippen LogP contribution in [0.1, 0.15) is 199 Å². The zero-order valence-electron chi connectivity index (χ0n) is 57.7. The summed E-state index contributed by atoms with van der Waals surface area (Å²) in [7, 11) is 0. The fourth-order valence-electron chi connectivity index (χ4n) is 23.4. The minimum Gasteiger partial charge on any atom is -0.356 e. The average molecular weight is 1290 g/mol. The topological polar surface area (TPSA) is 152 Å². The summed E-state index contributed by atoms with van der Waals surface area (Å²) in [6.45, 7) is 11.7. The molecular formula is C84H104N8O4. The second kappa shape index (κ2) is 26.0. The Hall–Kier alpha value is -6.44. The molecule has 12 heteroatoms. The van der Waals surface area contributed by atoms with Gasteiger partial charge >= 0.3 is 0 Å². The number of rotatable bonds is 16. The summed E-state index contributed by atoms with van der Waals surface area (Å²) in [6.07, 6.45) is 34.4. The zero-order valence-corrected chi connectivity index (χ0v) is 57.7. The summed E-state index contributed by atoms with van der Waals surface area (Å²) in [5.74, 6) is 15.2. The Labute approximate surface area is 569 Å². The van der Waals surface area contributed by atoms with Crippen molar-refractivity contribution in [2.24, 2.45) is 71.0 Å². The van der Waals surface area contributed by atoms with Gasteiger partial charge in [-0.2, -0.15) is 0 Å². The van der Waals surface area contributed by atoms with Crippen LogP contribution in [0.5, 0.6) is 0 Å². The van der Waals surface area contributed by atoms with Gasteiger partial charge in [0.25, 0.3) is 0 Å². The van der Waals surface area contributed by atoms with Gasteiger partial charge in [0.05, 0.1) is 22.8 Å². The highest BCUT2D eigenvalue weighted by atomic mass is 16.5. The van der Waals surface area contributed by atoms with Gasteiger partial charge in [-0.3, -0.25) is 0 Å². The quantitative estimate of drug-likeness (QED) is 0.0729. The van der Waals surface area contributed by atoms with E-state index in [1.165, 1.54) is 176 Å². The lowest BCUT2D eigenvalue weighted by Gasteiger charge is -2.57. The third-order valence-corrected chi connectivity index (χ3v) is 26.3. The molecule has 0 aliphatic heterocycles. The van der Waals surface area contributed by atoms with Crippen LogP contribution in [0, 0.1) is 98.7 Å². The van der Waals surface area contributed by atoms with E-state index in [0.29, 0.717) is 22.2 Å². The van der Waals surface area contributed by atoms with E-state index in [-0.39, 0.29) is 0 Å². The molecule has 24 rings (SSSR count). The molecule has 4 heterocycles. The summed E-state index contributed by atoms with van der Waals surface area (Å²) in [6, 6.07) is 42.1. The molecular weight excluding hydrogens is 1180 g/mol. The first kappa shape index (κ1) is 63.0. The summed E-state index contributed by atoms with van der Waals surface area (Å²) < 4.78 is 22.3. The maximum Gasteiger partial charge on any atom is 0.167 e.